The molecule has 0 radical (unpaired) electrons. The Hall–Kier alpha value is 0.230. The van der Waals surface area contributed by atoms with E-state index in [2.05, 4.69) is 10.2 Å². The molecule has 0 aliphatic rings. The van der Waals surface area contributed by atoms with Gasteiger partial charge in [-0.1, -0.05) is 46.1 Å². The molecular weight excluding hydrogens is 218 g/mol. The Morgan fingerprint density at radius 1 is 1.50 bits per heavy atom. The summed E-state index contributed by atoms with van der Waals surface area (Å²) in [7, 11) is 0. The van der Waals surface area contributed by atoms with E-state index in [4.69, 9.17) is 34.8 Å². The highest BCUT2D eigenvalue weighted by molar-refractivity contribution is 7.10. The largest absolute Gasteiger partial charge is 0.322 e. The molecule has 1 N–H and O–H groups in total. The van der Waals surface area contributed by atoms with Crippen molar-refractivity contribution in [3.8, 4) is 0 Å². The highest BCUT2D eigenvalue weighted by atomic mass is 35.6. The fraction of sp³-hybridized carbons (Fsp3) is 0.333. The Labute approximate surface area is 74.9 Å². The zero-order valence-electron chi connectivity index (χ0n) is 4.40. The quantitative estimate of drug-likeness (QED) is 0.675. The van der Waals surface area contributed by atoms with Crippen molar-refractivity contribution in [2.24, 2.45) is 0 Å². The van der Waals surface area contributed by atoms with Gasteiger partial charge >= 0.3 is 4.87 Å². The number of hydrogen-bond acceptors (Lipinski definition) is 3. The molecule has 0 aromatic carbocycles. The molecule has 0 aliphatic heterocycles. The molecule has 10 heavy (non-hydrogen) atoms. The topological polar surface area (TPSA) is 45.8 Å². The normalized spacial score (nSPS) is 11.9. The highest BCUT2D eigenvalue weighted by Gasteiger charge is 2.27. The number of hydrogen-bond donors (Lipinski definition) is 1. The fourth-order valence-corrected chi connectivity index (χ4v) is 1.30. The molecule has 0 bridgehead atoms. The van der Waals surface area contributed by atoms with Crippen molar-refractivity contribution in [3.05, 3.63) is 14.7 Å². The predicted molar refractivity (Wildman–Crippen MR) is 42.0 cm³/mol. The first-order valence-corrected chi connectivity index (χ1v) is 4.08. The lowest BCUT2D eigenvalue weighted by atomic mass is 10.8. The van der Waals surface area contributed by atoms with Crippen LogP contribution in [0.4, 0.5) is 0 Å². The van der Waals surface area contributed by atoms with Gasteiger partial charge in [-0.3, -0.25) is 4.79 Å². The Morgan fingerprint density at radius 2 is 2.10 bits per heavy atom. The number of alkyl halides is 3. The lowest BCUT2D eigenvalue weighted by Gasteiger charge is -2.02. The monoisotopic (exact) mass is 218 g/mol. The third-order valence-electron chi connectivity index (χ3n) is 0.681. The maximum atomic E-state index is 10.5. The molecule has 3 nitrogen and oxygen atoms in total. The van der Waals surface area contributed by atoms with Gasteiger partial charge in [0.05, 0.1) is 0 Å². The third kappa shape index (κ3) is 1.85. The van der Waals surface area contributed by atoms with Gasteiger partial charge in [-0.15, -0.1) is 0 Å². The second-order valence-electron chi connectivity index (χ2n) is 1.42. The average Bonchev–Trinajstić information content (AvgIpc) is 2.11. The van der Waals surface area contributed by atoms with Crippen molar-refractivity contribution < 1.29 is 0 Å². The van der Waals surface area contributed by atoms with Crippen molar-refractivity contribution in [1.29, 1.82) is 0 Å². The molecule has 7 heteroatoms. The van der Waals surface area contributed by atoms with E-state index < -0.39 is 3.79 Å². The number of aromatic amines is 1. The Morgan fingerprint density at radius 3 is 2.30 bits per heavy atom. The summed E-state index contributed by atoms with van der Waals surface area (Å²) in [5.74, 6) is 0. The highest BCUT2D eigenvalue weighted by Crippen LogP contribution is 2.37. The van der Waals surface area contributed by atoms with Crippen LogP contribution in [-0.4, -0.2) is 10.2 Å². The van der Waals surface area contributed by atoms with Gasteiger partial charge < -0.3 is 0 Å². The van der Waals surface area contributed by atoms with Crippen molar-refractivity contribution in [2.45, 2.75) is 3.79 Å². The summed E-state index contributed by atoms with van der Waals surface area (Å²) in [5.41, 5.74) is 0. The molecule has 1 rings (SSSR count). The summed E-state index contributed by atoms with van der Waals surface area (Å²) in [6.45, 7) is 0. The minimum atomic E-state index is -1.59. The molecule has 56 valence electrons. The molecule has 0 fully saturated rings. The molecule has 0 spiro atoms. The summed E-state index contributed by atoms with van der Waals surface area (Å²) in [4.78, 5) is 10.1. The minimum absolute atomic E-state index is 0.155. The Balaban J connectivity index is 3.07. The summed E-state index contributed by atoms with van der Waals surface area (Å²) < 4.78 is -1.59. The Bertz CT molecular complexity index is 274. The molecule has 0 saturated heterocycles. The van der Waals surface area contributed by atoms with E-state index in [9.17, 15) is 4.79 Å². The number of H-pyrrole nitrogens is 1. The summed E-state index contributed by atoms with van der Waals surface area (Å²) >= 11 is 17.0. The molecule has 1 aromatic heterocycles. The smallest absolute Gasteiger partial charge is 0.255 e. The molecule has 0 amide bonds. The van der Waals surface area contributed by atoms with Crippen LogP contribution in [0.25, 0.3) is 0 Å². The molecule has 0 unspecified atom stereocenters. The summed E-state index contributed by atoms with van der Waals surface area (Å²) in [6, 6.07) is 0. The first-order valence-electron chi connectivity index (χ1n) is 2.13. The van der Waals surface area contributed by atoms with Crippen molar-refractivity contribution in [2.75, 3.05) is 0 Å². The van der Waals surface area contributed by atoms with Crippen molar-refractivity contribution in [1.82, 2.24) is 10.2 Å². The van der Waals surface area contributed by atoms with Crippen LogP contribution >= 0.6 is 46.1 Å². The van der Waals surface area contributed by atoms with E-state index >= 15 is 0 Å². The molecular formula is C3HCl3N2OS. The van der Waals surface area contributed by atoms with Crippen LogP contribution in [0.1, 0.15) is 5.01 Å². The number of aromatic nitrogens is 2. The predicted octanol–water partition coefficient (Wildman–Crippen LogP) is 1.66. The van der Waals surface area contributed by atoms with E-state index in [1.165, 1.54) is 0 Å². The van der Waals surface area contributed by atoms with Gasteiger partial charge in [-0.05, 0) is 0 Å². The first kappa shape index (κ1) is 8.33. The van der Waals surface area contributed by atoms with Gasteiger partial charge in [-0.2, -0.15) is 5.10 Å². The fourth-order valence-electron chi connectivity index (χ4n) is 0.351. The van der Waals surface area contributed by atoms with Gasteiger partial charge in [0.1, 0.15) is 0 Å². The maximum absolute atomic E-state index is 10.5. The number of nitrogens with zero attached hydrogens (tertiary/aromatic N) is 1. The van der Waals surface area contributed by atoms with E-state index in [0.717, 1.165) is 11.3 Å². The van der Waals surface area contributed by atoms with Crippen LogP contribution in [0.5, 0.6) is 0 Å². The van der Waals surface area contributed by atoms with Crippen LogP contribution in [0.15, 0.2) is 4.79 Å². The van der Waals surface area contributed by atoms with Gasteiger partial charge in [-0.25, -0.2) is 5.10 Å². The standard InChI is InChI=1S/C3HCl3N2OS/c4-3(5,6)1-7-8-2(9)10-1/h(H,8,9). The SMILES string of the molecule is O=c1[nH]nc(C(Cl)(Cl)Cl)s1. The zero-order chi connectivity index (χ0) is 7.78. The maximum Gasteiger partial charge on any atom is 0.322 e. The van der Waals surface area contributed by atoms with E-state index in [1.54, 1.807) is 0 Å². The van der Waals surface area contributed by atoms with E-state index in [-0.39, 0.29) is 9.88 Å². The molecule has 1 heterocycles. The van der Waals surface area contributed by atoms with Gasteiger partial charge in [0.2, 0.25) is 3.79 Å². The van der Waals surface area contributed by atoms with Gasteiger partial charge in [0.25, 0.3) is 0 Å². The molecule has 0 saturated carbocycles. The van der Waals surface area contributed by atoms with Crippen molar-refractivity contribution in [3.63, 3.8) is 0 Å². The number of rotatable bonds is 0. The molecule has 0 atom stereocenters. The number of nitrogens with one attached hydrogen (secondary N) is 1. The molecule has 1 aromatic rings. The lowest BCUT2D eigenvalue weighted by Crippen LogP contribution is -1.98. The summed E-state index contributed by atoms with van der Waals surface area (Å²) in [6.07, 6.45) is 0. The van der Waals surface area contributed by atoms with Crippen LogP contribution in [0, 0.1) is 0 Å². The Kier molecular flexibility index (Phi) is 2.24. The van der Waals surface area contributed by atoms with Gasteiger partial charge in [0.15, 0.2) is 5.01 Å². The van der Waals surface area contributed by atoms with Crippen molar-refractivity contribution >= 4 is 46.1 Å². The van der Waals surface area contributed by atoms with Crippen LogP contribution in [0.3, 0.4) is 0 Å². The zero-order valence-corrected chi connectivity index (χ0v) is 7.48. The third-order valence-corrected chi connectivity index (χ3v) is 2.42. The van der Waals surface area contributed by atoms with Crippen LogP contribution in [-0.2, 0) is 3.79 Å². The van der Waals surface area contributed by atoms with Gasteiger partial charge in [0, 0.05) is 0 Å². The van der Waals surface area contributed by atoms with Crippen LogP contribution < -0.4 is 4.87 Å². The second kappa shape index (κ2) is 2.70. The lowest BCUT2D eigenvalue weighted by molar-refractivity contribution is 0.987. The average molecular weight is 219 g/mol. The molecule has 0 aliphatic carbocycles. The van der Waals surface area contributed by atoms with E-state index in [1.807, 2.05) is 0 Å². The summed E-state index contributed by atoms with van der Waals surface area (Å²) in [5, 5.41) is 5.76. The number of halogens is 3. The second-order valence-corrected chi connectivity index (χ2v) is 4.66. The first-order chi connectivity index (χ1) is 4.50. The minimum Gasteiger partial charge on any atom is -0.255 e. The van der Waals surface area contributed by atoms with Crippen LogP contribution in [0.2, 0.25) is 0 Å². The van der Waals surface area contributed by atoms with E-state index in [0.29, 0.717) is 0 Å².